The molecule has 2 aromatic rings. The van der Waals surface area contributed by atoms with Crippen LogP contribution in [-0.4, -0.2) is 38.0 Å². The zero-order chi connectivity index (χ0) is 19.5. The first-order chi connectivity index (χ1) is 12.0. The van der Waals surface area contributed by atoms with Gasteiger partial charge >= 0.3 is 12.1 Å². The molecule has 0 unspecified atom stereocenters. The maximum absolute atomic E-state index is 12.8. The van der Waals surface area contributed by atoms with Gasteiger partial charge in [-0.1, -0.05) is 0 Å². The number of nitrogens with one attached hydrogen (secondary N) is 1. The zero-order valence-electron chi connectivity index (χ0n) is 13.6. The standard InChI is InChI=1S/C14H14F3N3O4S2/c1-8-7-10(14(15,16)17)20-11(19-8)3-5-18-26(22,23)9-4-6-25-12(9)13(21)24-2/h4,6-7,18H,3,5H2,1-2H3. The summed E-state index contributed by atoms with van der Waals surface area (Å²) >= 11 is 0.902. The summed E-state index contributed by atoms with van der Waals surface area (Å²) in [5, 5.41) is 1.42. The number of aryl methyl sites for hydroxylation is 1. The number of esters is 1. The van der Waals surface area contributed by atoms with Crippen LogP contribution in [0.25, 0.3) is 0 Å². The minimum atomic E-state index is -4.62. The fourth-order valence-electron chi connectivity index (χ4n) is 2.01. The third kappa shape index (κ3) is 4.77. The molecular weight excluding hydrogens is 395 g/mol. The summed E-state index contributed by atoms with van der Waals surface area (Å²) in [5.41, 5.74) is -0.968. The molecule has 1 N–H and O–H groups in total. The van der Waals surface area contributed by atoms with Gasteiger partial charge in [-0.05, 0) is 24.4 Å². The SMILES string of the molecule is COC(=O)c1sccc1S(=O)(=O)NCCc1nc(C)cc(C(F)(F)F)n1. The molecule has 0 radical (unpaired) electrons. The summed E-state index contributed by atoms with van der Waals surface area (Å²) in [7, 11) is -2.92. The molecule has 0 saturated heterocycles. The van der Waals surface area contributed by atoms with Gasteiger partial charge in [0.15, 0.2) is 0 Å². The van der Waals surface area contributed by atoms with Crippen LogP contribution in [-0.2, 0) is 27.4 Å². The van der Waals surface area contributed by atoms with Gasteiger partial charge in [0, 0.05) is 18.7 Å². The minimum absolute atomic E-state index is 0.0915. The van der Waals surface area contributed by atoms with Crippen molar-refractivity contribution >= 4 is 27.3 Å². The maximum Gasteiger partial charge on any atom is 0.433 e. The number of sulfonamides is 1. The van der Waals surface area contributed by atoms with E-state index in [9.17, 15) is 26.4 Å². The van der Waals surface area contributed by atoms with E-state index in [1.807, 2.05) is 0 Å². The lowest BCUT2D eigenvalue weighted by molar-refractivity contribution is -0.141. The number of rotatable bonds is 6. The number of nitrogens with zero attached hydrogens (tertiary/aromatic N) is 2. The number of alkyl halides is 3. The lowest BCUT2D eigenvalue weighted by Crippen LogP contribution is -2.27. The highest BCUT2D eigenvalue weighted by Gasteiger charge is 2.33. The van der Waals surface area contributed by atoms with Crippen LogP contribution in [0.2, 0.25) is 0 Å². The molecule has 0 aromatic carbocycles. The highest BCUT2D eigenvalue weighted by molar-refractivity contribution is 7.89. The van der Waals surface area contributed by atoms with Gasteiger partial charge in [0.25, 0.3) is 0 Å². The third-order valence-electron chi connectivity index (χ3n) is 3.12. The van der Waals surface area contributed by atoms with Gasteiger partial charge in [-0.15, -0.1) is 11.3 Å². The Morgan fingerprint density at radius 3 is 2.65 bits per heavy atom. The molecule has 12 heteroatoms. The predicted octanol–water partition coefficient (Wildman–Crippen LogP) is 2.17. The smallest absolute Gasteiger partial charge is 0.433 e. The number of carbonyl (C=O) groups excluding carboxylic acids is 1. The average Bonchev–Trinajstić information content (AvgIpc) is 3.03. The van der Waals surface area contributed by atoms with E-state index >= 15 is 0 Å². The van der Waals surface area contributed by atoms with E-state index in [0.29, 0.717) is 0 Å². The molecule has 0 aliphatic heterocycles. The largest absolute Gasteiger partial charge is 0.465 e. The van der Waals surface area contributed by atoms with Crippen molar-refractivity contribution in [1.82, 2.24) is 14.7 Å². The Balaban J connectivity index is 2.12. The fourth-order valence-corrected chi connectivity index (χ4v) is 4.38. The first kappa shape index (κ1) is 20.3. The Kier molecular flexibility index (Phi) is 5.98. The zero-order valence-corrected chi connectivity index (χ0v) is 15.3. The Morgan fingerprint density at radius 2 is 2.04 bits per heavy atom. The van der Waals surface area contributed by atoms with Crippen LogP contribution in [0.3, 0.4) is 0 Å². The van der Waals surface area contributed by atoms with Gasteiger partial charge in [0.2, 0.25) is 10.0 Å². The van der Waals surface area contributed by atoms with Crippen LogP contribution in [0.15, 0.2) is 22.4 Å². The number of thiophene rings is 1. The Morgan fingerprint density at radius 1 is 1.35 bits per heavy atom. The molecule has 0 bridgehead atoms. The Hall–Kier alpha value is -2.05. The monoisotopic (exact) mass is 409 g/mol. The number of hydrogen-bond donors (Lipinski definition) is 1. The molecule has 0 amide bonds. The van der Waals surface area contributed by atoms with E-state index in [4.69, 9.17) is 0 Å². The predicted molar refractivity (Wildman–Crippen MR) is 86.3 cm³/mol. The molecule has 0 atom stereocenters. The number of hydrogen-bond acceptors (Lipinski definition) is 7. The van der Waals surface area contributed by atoms with E-state index < -0.39 is 27.9 Å². The second-order valence-corrected chi connectivity index (χ2v) is 7.71. The van der Waals surface area contributed by atoms with E-state index in [1.54, 1.807) is 0 Å². The Labute approximate surface area is 151 Å². The summed E-state index contributed by atoms with van der Waals surface area (Å²) in [6, 6.07) is 2.05. The van der Waals surface area contributed by atoms with Gasteiger partial charge in [0.05, 0.1) is 7.11 Å². The van der Waals surface area contributed by atoms with E-state index in [1.165, 1.54) is 18.4 Å². The van der Waals surface area contributed by atoms with E-state index in [0.717, 1.165) is 24.5 Å². The molecule has 2 aromatic heterocycles. The van der Waals surface area contributed by atoms with Crippen molar-refractivity contribution in [3.8, 4) is 0 Å². The van der Waals surface area contributed by atoms with E-state index in [2.05, 4.69) is 19.4 Å². The minimum Gasteiger partial charge on any atom is -0.465 e. The highest BCUT2D eigenvalue weighted by atomic mass is 32.2. The molecule has 0 aliphatic rings. The van der Waals surface area contributed by atoms with Crippen molar-refractivity contribution in [1.29, 1.82) is 0 Å². The average molecular weight is 409 g/mol. The first-order valence-electron chi connectivity index (χ1n) is 7.12. The highest BCUT2D eigenvalue weighted by Crippen LogP contribution is 2.28. The van der Waals surface area contributed by atoms with Crippen LogP contribution in [0.4, 0.5) is 13.2 Å². The first-order valence-corrected chi connectivity index (χ1v) is 9.48. The molecule has 0 aliphatic carbocycles. The normalized spacial score (nSPS) is 12.2. The van der Waals surface area contributed by atoms with Crippen molar-refractivity contribution in [2.45, 2.75) is 24.4 Å². The lowest BCUT2D eigenvalue weighted by Gasteiger charge is -2.10. The summed E-state index contributed by atoms with van der Waals surface area (Å²) < 4.78 is 69.6. The van der Waals surface area contributed by atoms with Gasteiger partial charge in [0.1, 0.15) is 21.3 Å². The Bertz CT molecular complexity index is 910. The van der Waals surface area contributed by atoms with Gasteiger partial charge in [-0.2, -0.15) is 13.2 Å². The topological polar surface area (TPSA) is 98.2 Å². The molecule has 0 saturated carbocycles. The number of aromatic nitrogens is 2. The summed E-state index contributed by atoms with van der Waals surface area (Å²) in [6.07, 6.45) is -4.77. The number of carbonyl (C=O) groups is 1. The van der Waals surface area contributed by atoms with Crippen LogP contribution in [0.1, 0.15) is 26.9 Å². The second kappa shape index (κ2) is 7.68. The van der Waals surface area contributed by atoms with Crippen LogP contribution >= 0.6 is 11.3 Å². The summed E-state index contributed by atoms with van der Waals surface area (Å²) in [6.45, 7) is 1.15. The molecule has 26 heavy (non-hydrogen) atoms. The molecule has 7 nitrogen and oxygen atoms in total. The van der Waals surface area contributed by atoms with Crippen molar-refractivity contribution in [2.24, 2.45) is 0 Å². The number of methoxy groups -OCH3 is 1. The molecule has 0 fully saturated rings. The third-order valence-corrected chi connectivity index (χ3v) is 5.65. The molecule has 142 valence electrons. The van der Waals surface area contributed by atoms with Crippen molar-refractivity contribution in [3.05, 3.63) is 39.6 Å². The van der Waals surface area contributed by atoms with Gasteiger partial charge in [-0.3, -0.25) is 0 Å². The number of ether oxygens (including phenoxy) is 1. The second-order valence-electron chi connectivity index (χ2n) is 5.06. The van der Waals surface area contributed by atoms with E-state index in [-0.39, 0.29) is 34.3 Å². The van der Waals surface area contributed by atoms with Gasteiger partial charge in [-0.25, -0.2) is 27.9 Å². The quantitative estimate of drug-likeness (QED) is 0.735. The van der Waals surface area contributed by atoms with Crippen LogP contribution in [0, 0.1) is 6.92 Å². The molecule has 2 rings (SSSR count). The fraction of sp³-hybridized carbons (Fsp3) is 0.357. The maximum atomic E-state index is 12.8. The van der Waals surface area contributed by atoms with Crippen LogP contribution in [0.5, 0.6) is 0 Å². The number of halogens is 3. The van der Waals surface area contributed by atoms with Crippen LogP contribution < -0.4 is 4.72 Å². The van der Waals surface area contributed by atoms with Crippen molar-refractivity contribution < 1.29 is 31.1 Å². The van der Waals surface area contributed by atoms with Crippen molar-refractivity contribution in [3.63, 3.8) is 0 Å². The summed E-state index contributed by atoms with van der Waals surface area (Å²) in [5.74, 6) is -0.934. The molecular formula is C14H14F3N3O4S2. The molecule has 0 spiro atoms. The molecule has 2 heterocycles. The van der Waals surface area contributed by atoms with Crippen molar-refractivity contribution in [2.75, 3.05) is 13.7 Å². The lowest BCUT2D eigenvalue weighted by atomic mass is 10.3. The van der Waals surface area contributed by atoms with Gasteiger partial charge < -0.3 is 4.74 Å². The summed E-state index contributed by atoms with van der Waals surface area (Å²) in [4.78, 5) is 18.5.